The largest absolute Gasteiger partial charge is 0.478 e. The first-order valence-corrected chi connectivity index (χ1v) is 13.2. The molecule has 0 saturated carbocycles. The predicted molar refractivity (Wildman–Crippen MR) is 134 cm³/mol. The highest BCUT2D eigenvalue weighted by molar-refractivity contribution is 7.90. The van der Waals surface area contributed by atoms with Gasteiger partial charge in [0, 0.05) is 32.7 Å². The van der Waals surface area contributed by atoms with Crippen LogP contribution < -0.4 is 26.6 Å². The van der Waals surface area contributed by atoms with E-state index in [-0.39, 0.29) is 17.2 Å². The number of rotatable bonds is 8. The van der Waals surface area contributed by atoms with Crippen LogP contribution in [0.4, 0.5) is 5.95 Å². The smallest absolute Gasteiger partial charge is 0.333 e. The SMILES string of the molecule is CC=CCn1c(N2CCCC(N)C2)nc2c1c(=O)n(CS(=O)(=O)COc1ccccc1)c(=O)n2C. The standard InChI is InChI=1S/C23H30N6O5S/c1-3-4-13-28-19-20(25-22(28)27-12-8-9-17(24)14-27)26(2)23(31)29(21(19)30)15-35(32,33)16-34-18-10-6-5-7-11-18/h3-7,10-11,17H,8-9,12-16,24H2,1-2H3. The maximum Gasteiger partial charge on any atom is 0.333 e. The highest BCUT2D eigenvalue weighted by Crippen LogP contribution is 2.23. The van der Waals surface area contributed by atoms with Crippen molar-refractivity contribution in [3.05, 3.63) is 63.3 Å². The summed E-state index contributed by atoms with van der Waals surface area (Å²) in [4.78, 5) is 33.2. The van der Waals surface area contributed by atoms with Gasteiger partial charge in [-0.3, -0.25) is 9.36 Å². The number of allylic oxidation sites excluding steroid dienone is 2. The van der Waals surface area contributed by atoms with Crippen LogP contribution in [-0.2, 0) is 29.3 Å². The molecule has 1 fully saturated rings. The number of benzene rings is 1. The minimum Gasteiger partial charge on any atom is -0.478 e. The molecule has 35 heavy (non-hydrogen) atoms. The third-order valence-corrected chi connectivity index (χ3v) is 7.08. The first kappa shape index (κ1) is 24.7. The summed E-state index contributed by atoms with van der Waals surface area (Å²) in [5.74, 6) is -0.562. The number of nitrogens with zero attached hydrogens (tertiary/aromatic N) is 5. The zero-order valence-electron chi connectivity index (χ0n) is 19.8. The maximum atomic E-state index is 13.5. The minimum atomic E-state index is -3.96. The van der Waals surface area contributed by atoms with Crippen LogP contribution in [0.3, 0.4) is 0 Å². The molecule has 2 aromatic heterocycles. The molecule has 188 valence electrons. The maximum absolute atomic E-state index is 13.5. The summed E-state index contributed by atoms with van der Waals surface area (Å²) in [6.45, 7) is 3.50. The molecule has 4 rings (SSSR count). The van der Waals surface area contributed by atoms with E-state index in [2.05, 4.69) is 4.98 Å². The second-order valence-corrected chi connectivity index (χ2v) is 10.6. The summed E-state index contributed by atoms with van der Waals surface area (Å²) in [5.41, 5.74) is 5.06. The zero-order chi connectivity index (χ0) is 25.2. The van der Waals surface area contributed by atoms with E-state index in [1.54, 1.807) is 34.9 Å². The van der Waals surface area contributed by atoms with E-state index in [4.69, 9.17) is 10.5 Å². The van der Waals surface area contributed by atoms with Crippen LogP contribution in [0.15, 0.2) is 52.1 Å². The fourth-order valence-corrected chi connectivity index (χ4v) is 5.21. The topological polar surface area (TPSA) is 134 Å². The number of fused-ring (bicyclic) bond motifs is 1. The Bertz CT molecular complexity index is 1460. The summed E-state index contributed by atoms with van der Waals surface area (Å²) in [6, 6.07) is 8.45. The van der Waals surface area contributed by atoms with Gasteiger partial charge in [0.05, 0.1) is 0 Å². The molecular formula is C23H30N6O5S. The van der Waals surface area contributed by atoms with Gasteiger partial charge < -0.3 is 19.9 Å². The Kier molecular flexibility index (Phi) is 7.13. The summed E-state index contributed by atoms with van der Waals surface area (Å²) in [5, 5.41) is 0. The van der Waals surface area contributed by atoms with Gasteiger partial charge >= 0.3 is 5.69 Å². The van der Waals surface area contributed by atoms with Crippen molar-refractivity contribution in [2.45, 2.75) is 38.2 Å². The number of hydrogen-bond donors (Lipinski definition) is 1. The fourth-order valence-electron chi connectivity index (χ4n) is 4.20. The number of aryl methyl sites for hydroxylation is 1. The Morgan fingerprint density at radius 1 is 1.20 bits per heavy atom. The molecule has 1 unspecified atom stereocenters. The second kappa shape index (κ2) is 10.1. The van der Waals surface area contributed by atoms with Crippen molar-refractivity contribution in [1.29, 1.82) is 0 Å². The number of imidazole rings is 1. The van der Waals surface area contributed by atoms with Crippen molar-refractivity contribution in [2.75, 3.05) is 23.9 Å². The van der Waals surface area contributed by atoms with E-state index in [0.717, 1.165) is 24.0 Å². The number of nitrogens with two attached hydrogens (primary N) is 1. The van der Waals surface area contributed by atoms with Crippen LogP contribution in [0.5, 0.6) is 5.75 Å². The Labute approximate surface area is 203 Å². The van der Waals surface area contributed by atoms with Gasteiger partial charge in [-0.2, -0.15) is 4.98 Å². The lowest BCUT2D eigenvalue weighted by Crippen LogP contribution is -2.44. The van der Waals surface area contributed by atoms with Crippen LogP contribution in [0.2, 0.25) is 0 Å². The first-order valence-electron chi connectivity index (χ1n) is 11.4. The van der Waals surface area contributed by atoms with Gasteiger partial charge in [0.2, 0.25) is 15.8 Å². The zero-order valence-corrected chi connectivity index (χ0v) is 20.6. The fraction of sp³-hybridized carbons (Fsp3) is 0.435. The first-order chi connectivity index (χ1) is 16.7. The molecule has 11 nitrogen and oxygen atoms in total. The molecule has 0 bridgehead atoms. The average molecular weight is 503 g/mol. The van der Waals surface area contributed by atoms with Crippen molar-refractivity contribution in [3.8, 4) is 5.75 Å². The third-order valence-electron chi connectivity index (χ3n) is 5.95. The van der Waals surface area contributed by atoms with E-state index in [9.17, 15) is 18.0 Å². The van der Waals surface area contributed by atoms with Crippen LogP contribution in [-0.4, -0.2) is 52.2 Å². The molecule has 12 heteroatoms. The summed E-state index contributed by atoms with van der Waals surface area (Å²) in [6.07, 6.45) is 5.51. The highest BCUT2D eigenvalue weighted by atomic mass is 32.2. The Hall–Kier alpha value is -3.38. The molecule has 0 radical (unpaired) electrons. The minimum absolute atomic E-state index is 0.0195. The van der Waals surface area contributed by atoms with Crippen molar-refractivity contribution >= 4 is 26.9 Å². The molecule has 0 amide bonds. The van der Waals surface area contributed by atoms with Gasteiger partial charge in [0.15, 0.2) is 17.1 Å². The van der Waals surface area contributed by atoms with Gasteiger partial charge in [0.1, 0.15) is 11.6 Å². The van der Waals surface area contributed by atoms with Crippen LogP contribution in [0, 0.1) is 0 Å². The molecular weight excluding hydrogens is 472 g/mol. The van der Waals surface area contributed by atoms with Crippen molar-refractivity contribution in [3.63, 3.8) is 0 Å². The predicted octanol–water partition coefficient (Wildman–Crippen LogP) is 0.809. The van der Waals surface area contributed by atoms with E-state index in [1.807, 2.05) is 24.0 Å². The third kappa shape index (κ3) is 5.17. The van der Waals surface area contributed by atoms with Crippen LogP contribution in [0.25, 0.3) is 11.2 Å². The summed E-state index contributed by atoms with van der Waals surface area (Å²) < 4.78 is 34.6. The molecule has 0 aliphatic carbocycles. The molecule has 3 aromatic rings. The monoisotopic (exact) mass is 502 g/mol. The molecule has 1 aliphatic heterocycles. The number of ether oxygens (including phenoxy) is 1. The van der Waals surface area contributed by atoms with E-state index in [1.165, 1.54) is 11.6 Å². The van der Waals surface area contributed by atoms with Crippen LogP contribution in [0.1, 0.15) is 19.8 Å². The molecule has 1 saturated heterocycles. The molecule has 1 atom stereocenters. The Balaban J connectivity index is 1.77. The second-order valence-electron chi connectivity index (χ2n) is 8.63. The number of para-hydroxylation sites is 1. The molecule has 3 heterocycles. The van der Waals surface area contributed by atoms with Gasteiger partial charge in [-0.25, -0.2) is 17.8 Å². The summed E-state index contributed by atoms with van der Waals surface area (Å²) >= 11 is 0. The quantitative estimate of drug-likeness (QED) is 0.447. The van der Waals surface area contributed by atoms with Gasteiger partial charge in [0.25, 0.3) is 5.56 Å². The Morgan fingerprint density at radius 2 is 1.94 bits per heavy atom. The van der Waals surface area contributed by atoms with Crippen molar-refractivity contribution in [2.24, 2.45) is 12.8 Å². The van der Waals surface area contributed by atoms with Crippen LogP contribution >= 0.6 is 0 Å². The Morgan fingerprint density at radius 3 is 2.63 bits per heavy atom. The molecule has 0 spiro atoms. The van der Waals surface area contributed by atoms with Gasteiger partial charge in [-0.1, -0.05) is 30.4 Å². The van der Waals surface area contributed by atoms with Crippen molar-refractivity contribution in [1.82, 2.24) is 18.7 Å². The van der Waals surface area contributed by atoms with Crippen molar-refractivity contribution < 1.29 is 13.2 Å². The van der Waals surface area contributed by atoms with E-state index >= 15 is 0 Å². The normalized spacial score (nSPS) is 16.9. The molecule has 2 N–H and O–H groups in total. The van der Waals surface area contributed by atoms with Gasteiger partial charge in [-0.05, 0) is 31.9 Å². The van der Waals surface area contributed by atoms with E-state index < -0.39 is 32.9 Å². The van der Waals surface area contributed by atoms with Gasteiger partial charge in [-0.15, -0.1) is 0 Å². The van der Waals surface area contributed by atoms with E-state index in [0.29, 0.717) is 24.8 Å². The highest BCUT2D eigenvalue weighted by Gasteiger charge is 2.27. The number of aromatic nitrogens is 4. The number of sulfone groups is 1. The summed E-state index contributed by atoms with van der Waals surface area (Å²) in [7, 11) is -2.48. The number of piperidine rings is 1. The lowest BCUT2D eigenvalue weighted by Gasteiger charge is -2.31. The average Bonchev–Trinajstić information content (AvgIpc) is 3.23. The lowest BCUT2D eigenvalue weighted by molar-refractivity contribution is 0.374. The molecule has 1 aliphatic rings. The molecule has 1 aromatic carbocycles. The lowest BCUT2D eigenvalue weighted by atomic mass is 10.1. The number of anilines is 1. The number of hydrogen-bond acceptors (Lipinski definition) is 8.